The Morgan fingerprint density at radius 2 is 1.97 bits per heavy atom. The summed E-state index contributed by atoms with van der Waals surface area (Å²) >= 11 is 0. The largest absolute Gasteiger partial charge is 0.507 e. The van der Waals surface area contributed by atoms with Crippen molar-refractivity contribution in [3.8, 4) is 5.75 Å². The number of aromatic amines is 1. The summed E-state index contributed by atoms with van der Waals surface area (Å²) in [7, 11) is 1.79. The fraction of sp³-hybridized carbons (Fsp3) is 0.222. The third kappa shape index (κ3) is 3.67. The number of aromatic nitrogens is 2. The lowest BCUT2D eigenvalue weighted by Crippen LogP contribution is -2.24. The smallest absolute Gasteiger partial charge is 0.256 e. The van der Waals surface area contributed by atoms with Gasteiger partial charge in [0.15, 0.2) is 0 Å². The van der Waals surface area contributed by atoms with E-state index in [0.717, 1.165) is 18.4 Å². The summed E-state index contributed by atoms with van der Waals surface area (Å²) in [5.41, 5.74) is 4.89. The molecule has 1 aliphatic carbocycles. The van der Waals surface area contributed by atoms with Gasteiger partial charge in [-0.1, -0.05) is 37.3 Å². The quantitative estimate of drug-likeness (QED) is 0.458. The number of amides is 1. The third-order valence-electron chi connectivity index (χ3n) is 6.48. The van der Waals surface area contributed by atoms with Gasteiger partial charge in [0.2, 0.25) is 5.91 Å². The first-order chi connectivity index (χ1) is 16.0. The first-order valence-corrected chi connectivity index (χ1v) is 11.2. The Balaban J connectivity index is 1.38. The monoisotopic (exact) mass is 439 g/mol. The van der Waals surface area contributed by atoms with Gasteiger partial charge in [-0.3, -0.25) is 9.59 Å². The molecule has 0 fully saturated rings. The van der Waals surface area contributed by atoms with E-state index in [1.165, 1.54) is 28.0 Å². The number of hydrogen-bond donors (Lipinski definition) is 2. The molecule has 2 aromatic heterocycles. The number of likely N-dealkylation sites (N-methyl/N-ethyl adjacent to an activating group) is 1. The standard InChI is InChI=1S/C27H25N3O3/c1-3-20-25(32)22-13-16(14-28-26(22)29-27(20)33)7-12-23(31)30(2)15-19-11-10-18-9-8-17-5-4-6-21(19)24(17)18/h4-7,10-14H,3,8-9,15H2,1-2H3,(H2,28,29,32,33)/b12-7+. The Labute approximate surface area is 191 Å². The first kappa shape index (κ1) is 20.9. The maximum absolute atomic E-state index is 12.8. The van der Waals surface area contributed by atoms with Crippen molar-refractivity contribution in [3.63, 3.8) is 0 Å². The second kappa shape index (κ2) is 8.20. The van der Waals surface area contributed by atoms with E-state index in [-0.39, 0.29) is 17.2 Å². The fourth-order valence-corrected chi connectivity index (χ4v) is 4.71. The molecule has 0 unspecified atom stereocenters. The zero-order chi connectivity index (χ0) is 23.1. The van der Waals surface area contributed by atoms with E-state index in [1.54, 1.807) is 30.3 Å². The van der Waals surface area contributed by atoms with E-state index < -0.39 is 0 Å². The normalized spacial score (nSPS) is 12.8. The lowest BCUT2D eigenvalue weighted by Gasteiger charge is -2.17. The van der Waals surface area contributed by atoms with Crippen molar-refractivity contribution in [1.29, 1.82) is 0 Å². The molecule has 1 aliphatic rings. The van der Waals surface area contributed by atoms with Crippen LogP contribution in [0.2, 0.25) is 0 Å². The number of H-pyrrole nitrogens is 1. The summed E-state index contributed by atoms with van der Waals surface area (Å²) in [6, 6.07) is 12.5. The van der Waals surface area contributed by atoms with Crippen LogP contribution in [-0.4, -0.2) is 32.9 Å². The maximum Gasteiger partial charge on any atom is 0.256 e. The molecule has 0 saturated carbocycles. The van der Waals surface area contributed by atoms with Crippen LogP contribution in [-0.2, 0) is 30.6 Å². The van der Waals surface area contributed by atoms with Gasteiger partial charge in [0.05, 0.1) is 10.9 Å². The van der Waals surface area contributed by atoms with Crippen LogP contribution >= 0.6 is 0 Å². The van der Waals surface area contributed by atoms with Crippen molar-refractivity contribution in [3.05, 3.63) is 86.8 Å². The number of benzene rings is 2. The van der Waals surface area contributed by atoms with E-state index in [4.69, 9.17) is 0 Å². The molecule has 0 radical (unpaired) electrons. The molecule has 2 aromatic carbocycles. The molecule has 0 aliphatic heterocycles. The molecule has 2 N–H and O–H groups in total. The summed E-state index contributed by atoms with van der Waals surface area (Å²) in [6.07, 6.45) is 7.32. The Bertz CT molecular complexity index is 1490. The van der Waals surface area contributed by atoms with Crippen molar-refractivity contribution >= 4 is 33.8 Å². The molecule has 1 amide bonds. The molecule has 6 nitrogen and oxygen atoms in total. The fourth-order valence-electron chi connectivity index (χ4n) is 4.71. The van der Waals surface area contributed by atoms with Gasteiger partial charge in [-0.05, 0) is 64.4 Å². The SMILES string of the molecule is CCc1c(O)c2cc(/C=C/C(=O)N(C)Cc3ccc4c5c(cccc35)CC4)cnc2[nH]c1=O. The molecule has 0 bridgehead atoms. The number of nitrogens with one attached hydrogen (secondary N) is 1. The number of pyridine rings is 2. The highest BCUT2D eigenvalue weighted by Gasteiger charge is 2.17. The lowest BCUT2D eigenvalue weighted by molar-refractivity contribution is -0.125. The van der Waals surface area contributed by atoms with Crippen molar-refractivity contribution in [2.24, 2.45) is 0 Å². The van der Waals surface area contributed by atoms with Gasteiger partial charge in [-0.25, -0.2) is 4.98 Å². The van der Waals surface area contributed by atoms with Gasteiger partial charge < -0.3 is 15.0 Å². The molecular weight excluding hydrogens is 414 g/mol. The van der Waals surface area contributed by atoms with Gasteiger partial charge in [0.1, 0.15) is 11.4 Å². The molecule has 6 heteroatoms. The van der Waals surface area contributed by atoms with Crippen LogP contribution < -0.4 is 5.56 Å². The molecule has 5 rings (SSSR count). The Kier molecular flexibility index (Phi) is 5.21. The number of aromatic hydroxyl groups is 1. The van der Waals surface area contributed by atoms with Crippen LogP contribution in [0.4, 0.5) is 0 Å². The summed E-state index contributed by atoms with van der Waals surface area (Å²) in [4.78, 5) is 33.4. The minimum Gasteiger partial charge on any atom is -0.507 e. The summed E-state index contributed by atoms with van der Waals surface area (Å²) < 4.78 is 0. The molecule has 166 valence electrons. The first-order valence-electron chi connectivity index (χ1n) is 11.2. The second-order valence-corrected chi connectivity index (χ2v) is 8.55. The predicted molar refractivity (Wildman–Crippen MR) is 130 cm³/mol. The molecule has 33 heavy (non-hydrogen) atoms. The van der Waals surface area contributed by atoms with Gasteiger partial charge in [0, 0.05) is 25.9 Å². The average molecular weight is 440 g/mol. The lowest BCUT2D eigenvalue weighted by atomic mass is 9.99. The minimum absolute atomic E-state index is 0.0607. The number of hydrogen-bond acceptors (Lipinski definition) is 4. The summed E-state index contributed by atoms with van der Waals surface area (Å²) in [5.74, 6) is -0.187. The topological polar surface area (TPSA) is 86.3 Å². The van der Waals surface area contributed by atoms with Crippen molar-refractivity contribution in [2.75, 3.05) is 7.05 Å². The number of carbonyl (C=O) groups is 1. The zero-order valence-electron chi connectivity index (χ0n) is 18.7. The van der Waals surface area contributed by atoms with Crippen LogP contribution in [0.1, 0.15) is 34.7 Å². The summed E-state index contributed by atoms with van der Waals surface area (Å²) in [6.45, 7) is 2.32. The van der Waals surface area contributed by atoms with E-state index in [0.29, 0.717) is 35.1 Å². The third-order valence-corrected chi connectivity index (χ3v) is 6.48. The number of aryl methyl sites for hydroxylation is 2. The van der Waals surface area contributed by atoms with Gasteiger partial charge in [0.25, 0.3) is 5.56 Å². The highest BCUT2D eigenvalue weighted by atomic mass is 16.3. The van der Waals surface area contributed by atoms with E-state index in [9.17, 15) is 14.7 Å². The van der Waals surface area contributed by atoms with Crippen LogP contribution in [0.25, 0.3) is 27.9 Å². The minimum atomic E-state index is -0.335. The van der Waals surface area contributed by atoms with Crippen molar-refractivity contribution in [2.45, 2.75) is 32.7 Å². The van der Waals surface area contributed by atoms with Gasteiger partial charge in [-0.2, -0.15) is 0 Å². The van der Waals surface area contributed by atoms with Crippen LogP contribution in [0.15, 0.2) is 53.5 Å². The van der Waals surface area contributed by atoms with E-state index in [2.05, 4.69) is 40.3 Å². The number of rotatable bonds is 5. The second-order valence-electron chi connectivity index (χ2n) is 8.55. The molecule has 0 spiro atoms. The number of carbonyl (C=O) groups excluding carboxylic acids is 1. The van der Waals surface area contributed by atoms with Gasteiger partial charge >= 0.3 is 0 Å². The highest BCUT2D eigenvalue weighted by molar-refractivity contribution is 5.95. The molecular formula is C27H25N3O3. The number of nitrogens with zero attached hydrogens (tertiary/aromatic N) is 2. The van der Waals surface area contributed by atoms with Crippen LogP contribution in [0.3, 0.4) is 0 Å². The zero-order valence-corrected chi connectivity index (χ0v) is 18.7. The maximum atomic E-state index is 12.8. The molecule has 0 atom stereocenters. The van der Waals surface area contributed by atoms with Crippen molar-refractivity contribution < 1.29 is 9.90 Å². The summed E-state index contributed by atoms with van der Waals surface area (Å²) in [5, 5.41) is 13.5. The Hall–Kier alpha value is -3.93. The van der Waals surface area contributed by atoms with Gasteiger partial charge in [-0.15, -0.1) is 0 Å². The predicted octanol–water partition coefficient (Wildman–Crippen LogP) is 4.11. The highest BCUT2D eigenvalue weighted by Crippen LogP contribution is 2.33. The molecule has 2 heterocycles. The van der Waals surface area contributed by atoms with E-state index >= 15 is 0 Å². The molecule has 0 saturated heterocycles. The van der Waals surface area contributed by atoms with Crippen LogP contribution in [0.5, 0.6) is 5.75 Å². The van der Waals surface area contributed by atoms with E-state index in [1.807, 2.05) is 6.92 Å². The average Bonchev–Trinajstić information content (AvgIpc) is 3.24. The molecule has 4 aromatic rings. The van der Waals surface area contributed by atoms with Crippen LogP contribution in [0, 0.1) is 0 Å². The Morgan fingerprint density at radius 3 is 2.76 bits per heavy atom. The van der Waals surface area contributed by atoms with Crippen molar-refractivity contribution in [1.82, 2.24) is 14.9 Å². The Morgan fingerprint density at radius 1 is 1.18 bits per heavy atom. The number of fused-ring (bicyclic) bond motifs is 1.